The Morgan fingerprint density at radius 3 is 1.64 bits per heavy atom. The molecule has 4 saturated heterocycles. The first-order chi connectivity index (χ1) is 16.7. The summed E-state index contributed by atoms with van der Waals surface area (Å²) in [6.45, 7) is 14.7. The van der Waals surface area contributed by atoms with E-state index in [1.54, 1.807) is 6.08 Å². The lowest BCUT2D eigenvalue weighted by Crippen LogP contribution is -2.54. The fourth-order valence-corrected chi connectivity index (χ4v) is 5.74. The van der Waals surface area contributed by atoms with Crippen LogP contribution in [-0.2, 0) is 18.9 Å². The molecular weight excluding hydrogens is 464 g/mol. The maximum Gasteiger partial charge on any atom is 0.408 e. The molecule has 4 rings (SSSR count). The predicted molar refractivity (Wildman–Crippen MR) is 136 cm³/mol. The molecule has 0 spiro atoms. The van der Waals surface area contributed by atoms with E-state index in [1.165, 1.54) is 0 Å². The van der Waals surface area contributed by atoms with E-state index in [4.69, 9.17) is 18.9 Å². The van der Waals surface area contributed by atoms with Crippen molar-refractivity contribution in [2.75, 3.05) is 6.61 Å². The van der Waals surface area contributed by atoms with Crippen molar-refractivity contribution >= 4 is 12.2 Å². The molecule has 2 unspecified atom stereocenters. The highest BCUT2D eigenvalue weighted by Crippen LogP contribution is 2.46. The SMILES string of the molecule is C=CC(NC(=O)OC(C)(C)C)C12CCC(CC1)O2.CC(C)(C)OC(=O)NC(CO)C12CCC(CC1)O2. The van der Waals surface area contributed by atoms with Crippen LogP contribution in [0.25, 0.3) is 0 Å². The van der Waals surface area contributed by atoms with Crippen LogP contribution in [0.2, 0.25) is 0 Å². The van der Waals surface area contributed by atoms with Gasteiger partial charge < -0.3 is 34.7 Å². The van der Waals surface area contributed by atoms with E-state index >= 15 is 0 Å². The highest BCUT2D eigenvalue weighted by molar-refractivity contribution is 5.69. The fourth-order valence-electron chi connectivity index (χ4n) is 5.74. The Morgan fingerprint density at radius 1 is 0.889 bits per heavy atom. The molecule has 4 aliphatic heterocycles. The van der Waals surface area contributed by atoms with E-state index in [0.717, 1.165) is 51.4 Å². The molecule has 0 aromatic rings. The van der Waals surface area contributed by atoms with Gasteiger partial charge in [-0.2, -0.15) is 0 Å². The Labute approximate surface area is 215 Å². The zero-order valence-electron chi connectivity index (χ0n) is 22.9. The second-order valence-electron chi connectivity index (χ2n) is 12.5. The summed E-state index contributed by atoms with van der Waals surface area (Å²) < 4.78 is 22.4. The minimum atomic E-state index is -0.531. The van der Waals surface area contributed by atoms with Crippen LogP contribution in [0.5, 0.6) is 0 Å². The first kappa shape index (κ1) is 28.7. The Kier molecular flexibility index (Phi) is 8.68. The number of hydrogen-bond donors (Lipinski definition) is 3. The van der Waals surface area contributed by atoms with Crippen LogP contribution in [0, 0.1) is 0 Å². The molecule has 4 aliphatic rings. The second-order valence-corrected chi connectivity index (χ2v) is 12.5. The molecule has 4 heterocycles. The Bertz CT molecular complexity index is 785. The topological polar surface area (TPSA) is 115 Å². The summed E-state index contributed by atoms with van der Waals surface area (Å²) in [5.74, 6) is 0. The average molecular weight is 511 g/mol. The Balaban J connectivity index is 0.000000201. The maximum absolute atomic E-state index is 11.8. The number of rotatable bonds is 6. The zero-order valence-corrected chi connectivity index (χ0v) is 22.9. The largest absolute Gasteiger partial charge is 0.444 e. The van der Waals surface area contributed by atoms with Crippen molar-refractivity contribution in [3.63, 3.8) is 0 Å². The van der Waals surface area contributed by atoms with Crippen molar-refractivity contribution in [1.29, 1.82) is 0 Å². The van der Waals surface area contributed by atoms with Gasteiger partial charge in [-0.05, 0) is 92.9 Å². The lowest BCUT2D eigenvalue weighted by Gasteiger charge is -2.34. The Morgan fingerprint density at radius 2 is 1.31 bits per heavy atom. The van der Waals surface area contributed by atoms with Crippen LogP contribution < -0.4 is 10.6 Å². The number of aliphatic hydroxyl groups is 1. The quantitative estimate of drug-likeness (QED) is 0.455. The second kappa shape index (κ2) is 10.9. The third-order valence-electron chi connectivity index (χ3n) is 7.34. The third-order valence-corrected chi connectivity index (χ3v) is 7.34. The molecule has 9 heteroatoms. The molecule has 2 amide bonds. The summed E-state index contributed by atoms with van der Waals surface area (Å²) in [6, 6.07) is -0.542. The van der Waals surface area contributed by atoms with Crippen molar-refractivity contribution in [3.05, 3.63) is 12.7 Å². The summed E-state index contributed by atoms with van der Waals surface area (Å²) in [5, 5.41) is 15.1. The smallest absolute Gasteiger partial charge is 0.408 e. The van der Waals surface area contributed by atoms with Crippen molar-refractivity contribution < 1.29 is 33.6 Å². The van der Waals surface area contributed by atoms with E-state index in [-0.39, 0.29) is 29.9 Å². The molecule has 3 N–H and O–H groups in total. The fraction of sp³-hybridized carbons (Fsp3) is 0.852. The average Bonchev–Trinajstić information content (AvgIpc) is 3.55. The van der Waals surface area contributed by atoms with Crippen LogP contribution in [0.1, 0.15) is 92.9 Å². The van der Waals surface area contributed by atoms with Gasteiger partial charge in [-0.1, -0.05) is 6.08 Å². The molecule has 0 aliphatic carbocycles. The lowest BCUT2D eigenvalue weighted by atomic mass is 9.83. The van der Waals surface area contributed by atoms with Crippen molar-refractivity contribution in [2.24, 2.45) is 0 Å². The highest BCUT2D eigenvalue weighted by Gasteiger charge is 2.52. The summed E-state index contributed by atoms with van der Waals surface area (Å²) in [7, 11) is 0. The predicted octanol–water partition coefficient (Wildman–Crippen LogP) is 4.36. The number of aliphatic hydroxyl groups excluding tert-OH is 1. The molecule has 0 aromatic carbocycles. The molecule has 2 atom stereocenters. The van der Waals surface area contributed by atoms with Gasteiger partial charge in [0.05, 0.1) is 42.1 Å². The molecule has 9 nitrogen and oxygen atoms in total. The third kappa shape index (κ3) is 7.13. The van der Waals surface area contributed by atoms with Crippen molar-refractivity contribution in [2.45, 2.75) is 140 Å². The first-order valence-corrected chi connectivity index (χ1v) is 13.3. The normalized spacial score (nSPS) is 32.2. The van der Waals surface area contributed by atoms with Gasteiger partial charge in [0.15, 0.2) is 0 Å². The summed E-state index contributed by atoms with van der Waals surface area (Å²) in [6.07, 6.45) is 9.53. The number of ether oxygens (including phenoxy) is 4. The molecule has 0 saturated carbocycles. The molecule has 4 fully saturated rings. The first-order valence-electron chi connectivity index (χ1n) is 13.3. The van der Waals surface area contributed by atoms with Gasteiger partial charge in [0.2, 0.25) is 0 Å². The van der Waals surface area contributed by atoms with Crippen LogP contribution in [0.15, 0.2) is 12.7 Å². The summed E-state index contributed by atoms with van der Waals surface area (Å²) in [4.78, 5) is 23.6. The monoisotopic (exact) mass is 510 g/mol. The Hall–Kier alpha value is -1.84. The molecule has 36 heavy (non-hydrogen) atoms. The molecule has 4 bridgehead atoms. The van der Waals surface area contributed by atoms with Gasteiger partial charge in [-0.15, -0.1) is 6.58 Å². The van der Waals surface area contributed by atoms with Crippen LogP contribution in [0.3, 0.4) is 0 Å². The zero-order chi connectivity index (χ0) is 26.8. The highest BCUT2D eigenvalue weighted by atomic mass is 16.6. The molecule has 0 radical (unpaired) electrons. The number of nitrogens with one attached hydrogen (secondary N) is 2. The number of carbonyl (C=O) groups excluding carboxylic acids is 2. The number of alkyl carbamates (subject to hydrolysis) is 2. The molecular formula is C27H46N2O7. The minimum absolute atomic E-state index is 0.119. The molecule has 206 valence electrons. The lowest BCUT2D eigenvalue weighted by molar-refractivity contribution is -0.0340. The van der Waals surface area contributed by atoms with Crippen LogP contribution in [-0.4, -0.2) is 70.6 Å². The number of hydrogen-bond acceptors (Lipinski definition) is 7. The number of carbonyl (C=O) groups is 2. The van der Waals surface area contributed by atoms with E-state index in [2.05, 4.69) is 17.2 Å². The van der Waals surface area contributed by atoms with E-state index in [0.29, 0.717) is 12.2 Å². The van der Waals surface area contributed by atoms with Crippen molar-refractivity contribution in [1.82, 2.24) is 10.6 Å². The minimum Gasteiger partial charge on any atom is -0.444 e. The van der Waals surface area contributed by atoms with E-state index in [1.807, 2.05) is 41.5 Å². The van der Waals surface area contributed by atoms with Crippen LogP contribution >= 0.6 is 0 Å². The number of fused-ring (bicyclic) bond motifs is 4. The summed E-state index contributed by atoms with van der Waals surface area (Å²) >= 11 is 0. The maximum atomic E-state index is 11.8. The van der Waals surface area contributed by atoms with Gasteiger partial charge in [-0.25, -0.2) is 9.59 Å². The van der Waals surface area contributed by atoms with Gasteiger partial charge in [0.1, 0.15) is 11.2 Å². The molecule has 0 aromatic heterocycles. The summed E-state index contributed by atoms with van der Waals surface area (Å²) in [5.41, 5.74) is -1.64. The number of amides is 2. The van der Waals surface area contributed by atoms with E-state index in [9.17, 15) is 14.7 Å². The van der Waals surface area contributed by atoms with Crippen molar-refractivity contribution in [3.8, 4) is 0 Å². The standard InChI is InChI=1S/C14H23NO3.C13H23NO4/c1-5-11(15-12(16)18-13(2,3)4)14-8-6-10(17-14)7-9-14;1-12(2,3)18-11(16)14-10(8-15)13-6-4-9(17-13)5-7-13/h5,10-11H,1,6-9H2,2-4H3,(H,15,16);9-10,15H,4-8H2,1-3H3,(H,14,16). The van der Waals surface area contributed by atoms with E-state index < -0.39 is 23.4 Å². The van der Waals surface area contributed by atoms with Gasteiger partial charge >= 0.3 is 12.2 Å². The van der Waals surface area contributed by atoms with Gasteiger partial charge in [0, 0.05) is 0 Å². The van der Waals surface area contributed by atoms with Gasteiger partial charge in [-0.3, -0.25) is 0 Å². The van der Waals surface area contributed by atoms with Crippen LogP contribution in [0.4, 0.5) is 9.59 Å². The van der Waals surface area contributed by atoms with Gasteiger partial charge in [0.25, 0.3) is 0 Å².